The van der Waals surface area contributed by atoms with Gasteiger partial charge in [-0.15, -0.1) is 11.3 Å². The van der Waals surface area contributed by atoms with Crippen LogP contribution in [0.5, 0.6) is 0 Å². The first-order valence-corrected chi connectivity index (χ1v) is 6.79. The SMILES string of the molecule is C.[C-]#[N+]c1ccc(-c2csc(NC(=O)c3ccno3)n2)cc1. The third kappa shape index (κ3) is 3.19. The summed E-state index contributed by atoms with van der Waals surface area (Å²) >= 11 is 1.31. The number of aromatic nitrogens is 2. The molecule has 0 aliphatic carbocycles. The monoisotopic (exact) mass is 312 g/mol. The van der Waals surface area contributed by atoms with Crippen LogP contribution in [0, 0.1) is 6.57 Å². The molecule has 0 fully saturated rings. The first-order valence-electron chi connectivity index (χ1n) is 5.92. The van der Waals surface area contributed by atoms with Gasteiger partial charge in [0.15, 0.2) is 10.8 Å². The Labute approximate surface area is 131 Å². The molecule has 22 heavy (non-hydrogen) atoms. The molecule has 0 atom stereocenters. The average Bonchev–Trinajstić information content (AvgIpc) is 3.19. The second-order valence-electron chi connectivity index (χ2n) is 4.03. The molecule has 3 aromatic rings. The van der Waals surface area contributed by atoms with E-state index in [1.165, 1.54) is 23.6 Å². The molecule has 1 aromatic carbocycles. The number of nitrogens with one attached hydrogen (secondary N) is 1. The van der Waals surface area contributed by atoms with Gasteiger partial charge in [-0.05, 0) is 5.56 Å². The van der Waals surface area contributed by atoms with Crippen LogP contribution in [-0.2, 0) is 0 Å². The molecule has 1 N–H and O–H groups in total. The van der Waals surface area contributed by atoms with E-state index >= 15 is 0 Å². The van der Waals surface area contributed by atoms with Gasteiger partial charge in [-0.2, -0.15) is 0 Å². The highest BCUT2D eigenvalue weighted by molar-refractivity contribution is 7.14. The molecule has 0 aliphatic rings. The summed E-state index contributed by atoms with van der Waals surface area (Å²) in [6, 6.07) is 8.59. The zero-order valence-corrected chi connectivity index (χ0v) is 11.4. The smallest absolute Gasteiger partial charge is 0.296 e. The normalized spacial score (nSPS) is 9.59. The molecule has 0 saturated carbocycles. The third-order valence-corrected chi connectivity index (χ3v) is 3.44. The summed E-state index contributed by atoms with van der Waals surface area (Å²) < 4.78 is 4.77. The van der Waals surface area contributed by atoms with Crippen LogP contribution in [0.1, 0.15) is 18.0 Å². The second kappa shape index (κ2) is 6.65. The lowest BCUT2D eigenvalue weighted by molar-refractivity contribution is 0.0988. The molecule has 1 amide bonds. The van der Waals surface area contributed by atoms with Crippen LogP contribution in [0.15, 0.2) is 46.4 Å². The largest absolute Gasteiger partial charge is 0.351 e. The van der Waals surface area contributed by atoms with Crippen molar-refractivity contribution in [1.82, 2.24) is 10.1 Å². The fourth-order valence-electron chi connectivity index (χ4n) is 1.66. The molecule has 0 radical (unpaired) electrons. The molecule has 2 aromatic heterocycles. The van der Waals surface area contributed by atoms with Crippen molar-refractivity contribution in [2.75, 3.05) is 5.32 Å². The minimum atomic E-state index is -0.392. The molecule has 0 saturated heterocycles. The van der Waals surface area contributed by atoms with Gasteiger partial charge in [0.1, 0.15) is 0 Å². The number of carbonyl (C=O) groups excluding carboxylic acids is 1. The van der Waals surface area contributed by atoms with E-state index in [2.05, 4.69) is 20.3 Å². The fourth-order valence-corrected chi connectivity index (χ4v) is 2.38. The maximum atomic E-state index is 11.8. The van der Waals surface area contributed by atoms with Crippen molar-refractivity contribution in [3.63, 3.8) is 0 Å². The van der Waals surface area contributed by atoms with E-state index < -0.39 is 5.91 Å². The minimum absolute atomic E-state index is 0. The summed E-state index contributed by atoms with van der Waals surface area (Å²) in [4.78, 5) is 19.5. The van der Waals surface area contributed by atoms with Crippen molar-refractivity contribution in [3.05, 3.63) is 59.1 Å². The molecular formula is C15H12N4O2S. The summed E-state index contributed by atoms with van der Waals surface area (Å²) in [6.45, 7) is 6.92. The van der Waals surface area contributed by atoms with Crippen LogP contribution < -0.4 is 5.32 Å². The standard InChI is InChI=1S/C14H8N4O2S.CH4/c1-15-10-4-2-9(3-5-10)11-8-21-14(17-11)18-13(19)12-6-7-16-20-12;/h2-8H,(H,17,18,19);1H4. The van der Waals surface area contributed by atoms with Crippen LogP contribution in [0.2, 0.25) is 0 Å². The highest BCUT2D eigenvalue weighted by atomic mass is 32.1. The number of nitrogens with zero attached hydrogens (tertiary/aromatic N) is 3. The molecule has 0 aliphatic heterocycles. The van der Waals surface area contributed by atoms with Gasteiger partial charge in [-0.3, -0.25) is 10.1 Å². The Morgan fingerprint density at radius 2 is 2.05 bits per heavy atom. The molecule has 0 spiro atoms. The lowest BCUT2D eigenvalue weighted by Crippen LogP contribution is -2.10. The van der Waals surface area contributed by atoms with Gasteiger partial charge < -0.3 is 4.52 Å². The van der Waals surface area contributed by atoms with Crippen LogP contribution in [0.25, 0.3) is 16.1 Å². The number of hydrogen-bond acceptors (Lipinski definition) is 5. The van der Waals surface area contributed by atoms with Crippen molar-refractivity contribution >= 4 is 28.1 Å². The predicted molar refractivity (Wildman–Crippen MR) is 85.0 cm³/mol. The second-order valence-corrected chi connectivity index (χ2v) is 4.89. The predicted octanol–water partition coefficient (Wildman–Crippen LogP) is 4.24. The van der Waals surface area contributed by atoms with Crippen LogP contribution in [-0.4, -0.2) is 16.0 Å². The number of carbonyl (C=O) groups is 1. The van der Waals surface area contributed by atoms with Gasteiger partial charge in [0.05, 0.1) is 18.5 Å². The van der Waals surface area contributed by atoms with Crippen molar-refractivity contribution < 1.29 is 9.32 Å². The van der Waals surface area contributed by atoms with Crippen LogP contribution in [0.3, 0.4) is 0 Å². The lowest BCUT2D eigenvalue weighted by atomic mass is 10.1. The molecule has 3 rings (SSSR count). The number of rotatable bonds is 3. The first-order chi connectivity index (χ1) is 10.3. The molecule has 2 heterocycles. The van der Waals surface area contributed by atoms with Gasteiger partial charge in [-0.25, -0.2) is 9.83 Å². The zero-order chi connectivity index (χ0) is 14.7. The summed E-state index contributed by atoms with van der Waals surface area (Å²) in [5, 5.41) is 8.43. The maximum absolute atomic E-state index is 11.8. The Bertz CT molecular complexity index is 801. The summed E-state index contributed by atoms with van der Waals surface area (Å²) in [5.41, 5.74) is 2.20. The molecule has 0 unspecified atom stereocenters. The Hall–Kier alpha value is -2.98. The van der Waals surface area contributed by atoms with Crippen molar-refractivity contribution in [2.24, 2.45) is 0 Å². The third-order valence-electron chi connectivity index (χ3n) is 2.68. The first kappa shape index (κ1) is 15.4. The van der Waals surface area contributed by atoms with Gasteiger partial charge in [0, 0.05) is 11.4 Å². The van der Waals surface area contributed by atoms with Crippen LogP contribution in [0.4, 0.5) is 10.8 Å². The number of thiazole rings is 1. The maximum Gasteiger partial charge on any atom is 0.296 e. The van der Waals surface area contributed by atoms with Gasteiger partial charge >= 0.3 is 0 Å². The van der Waals surface area contributed by atoms with E-state index in [4.69, 9.17) is 11.1 Å². The summed E-state index contributed by atoms with van der Waals surface area (Å²) in [5.74, 6) is -0.259. The van der Waals surface area contributed by atoms with E-state index in [0.29, 0.717) is 10.8 Å². The summed E-state index contributed by atoms with van der Waals surface area (Å²) in [6.07, 6.45) is 1.40. The van der Waals surface area contributed by atoms with Crippen molar-refractivity contribution in [2.45, 2.75) is 7.43 Å². The molecule has 7 heteroatoms. The fraction of sp³-hybridized carbons (Fsp3) is 0.0667. The van der Waals surface area contributed by atoms with E-state index in [9.17, 15) is 4.79 Å². The number of amides is 1. The zero-order valence-electron chi connectivity index (χ0n) is 10.6. The average molecular weight is 312 g/mol. The molecule has 0 bridgehead atoms. The van der Waals surface area contributed by atoms with Gasteiger partial charge in [-0.1, -0.05) is 36.8 Å². The Morgan fingerprint density at radius 3 is 2.68 bits per heavy atom. The quantitative estimate of drug-likeness (QED) is 0.734. The highest BCUT2D eigenvalue weighted by Gasteiger charge is 2.12. The minimum Gasteiger partial charge on any atom is -0.351 e. The number of hydrogen-bond donors (Lipinski definition) is 1. The lowest BCUT2D eigenvalue weighted by Gasteiger charge is -1.98. The van der Waals surface area contributed by atoms with Gasteiger partial charge in [0.2, 0.25) is 5.76 Å². The Balaban J connectivity index is 0.00000176. The number of anilines is 1. The molecular weight excluding hydrogens is 300 g/mol. The topological polar surface area (TPSA) is 72.4 Å². The Morgan fingerprint density at radius 1 is 1.27 bits per heavy atom. The van der Waals surface area contributed by atoms with E-state index in [-0.39, 0.29) is 13.2 Å². The number of benzene rings is 1. The van der Waals surface area contributed by atoms with Crippen molar-refractivity contribution in [1.29, 1.82) is 0 Å². The molecule has 6 nitrogen and oxygen atoms in total. The van der Waals surface area contributed by atoms with E-state index in [0.717, 1.165) is 11.3 Å². The van der Waals surface area contributed by atoms with E-state index in [1.54, 1.807) is 12.1 Å². The summed E-state index contributed by atoms with van der Waals surface area (Å²) in [7, 11) is 0. The molecule has 110 valence electrons. The van der Waals surface area contributed by atoms with Crippen molar-refractivity contribution in [3.8, 4) is 11.3 Å². The highest BCUT2D eigenvalue weighted by Crippen LogP contribution is 2.26. The Kier molecular flexibility index (Phi) is 4.66. The van der Waals surface area contributed by atoms with Crippen LogP contribution >= 0.6 is 11.3 Å². The van der Waals surface area contributed by atoms with E-state index in [1.807, 2.05) is 17.5 Å². The van der Waals surface area contributed by atoms with Gasteiger partial charge in [0.25, 0.3) is 5.91 Å².